The maximum atomic E-state index is 5.89. The number of hydrogen-bond donors (Lipinski definition) is 2. The second kappa shape index (κ2) is 7.15. The summed E-state index contributed by atoms with van der Waals surface area (Å²) in [6.07, 6.45) is 4.97. The first kappa shape index (κ1) is 16.0. The van der Waals surface area contributed by atoms with Gasteiger partial charge in [-0.1, -0.05) is 18.2 Å². The molecule has 25 heavy (non-hydrogen) atoms. The zero-order chi connectivity index (χ0) is 17.1. The largest absolute Gasteiger partial charge is 0.497 e. The Balaban J connectivity index is 1.43. The standard InChI is InChI=1S/C20H23N3O2/c1-24-16-6-7-17-18(3-2-10-25-20(17)12-16)21-9-8-14-4-5-15-13-22-23-19(15)11-14/h4-7,11-13,18,21H,2-3,8-10H2,1H3,(H,22,23). The van der Waals surface area contributed by atoms with Gasteiger partial charge in [0.1, 0.15) is 11.5 Å². The average Bonchev–Trinajstić information content (AvgIpc) is 3.02. The molecule has 0 aliphatic carbocycles. The van der Waals surface area contributed by atoms with Crippen molar-refractivity contribution in [2.45, 2.75) is 25.3 Å². The van der Waals surface area contributed by atoms with Gasteiger partial charge in [-0.2, -0.15) is 5.10 Å². The van der Waals surface area contributed by atoms with Gasteiger partial charge in [-0.25, -0.2) is 0 Å². The van der Waals surface area contributed by atoms with Gasteiger partial charge in [0.25, 0.3) is 0 Å². The van der Waals surface area contributed by atoms with Crippen LogP contribution in [0.15, 0.2) is 42.6 Å². The molecular formula is C20H23N3O2. The Kier molecular flexibility index (Phi) is 4.57. The topological polar surface area (TPSA) is 59.2 Å². The third-order valence-corrected chi connectivity index (χ3v) is 4.80. The van der Waals surface area contributed by atoms with Gasteiger partial charge in [-0.3, -0.25) is 5.10 Å². The van der Waals surface area contributed by atoms with Crippen molar-refractivity contribution in [2.24, 2.45) is 0 Å². The molecule has 2 aromatic carbocycles. The van der Waals surface area contributed by atoms with Gasteiger partial charge in [0.05, 0.1) is 25.4 Å². The number of methoxy groups -OCH3 is 1. The summed E-state index contributed by atoms with van der Waals surface area (Å²) in [5, 5.41) is 12.0. The number of hydrogen-bond acceptors (Lipinski definition) is 4. The van der Waals surface area contributed by atoms with Crippen LogP contribution < -0.4 is 14.8 Å². The molecule has 2 heterocycles. The van der Waals surface area contributed by atoms with Gasteiger partial charge in [-0.15, -0.1) is 0 Å². The molecule has 0 radical (unpaired) electrons. The van der Waals surface area contributed by atoms with E-state index in [1.54, 1.807) is 7.11 Å². The second-order valence-electron chi connectivity index (χ2n) is 6.44. The van der Waals surface area contributed by atoms with Crippen LogP contribution in [0, 0.1) is 0 Å². The summed E-state index contributed by atoms with van der Waals surface area (Å²) < 4.78 is 11.2. The van der Waals surface area contributed by atoms with E-state index in [2.05, 4.69) is 39.8 Å². The fourth-order valence-corrected chi connectivity index (χ4v) is 3.42. The van der Waals surface area contributed by atoms with Crippen LogP contribution in [-0.2, 0) is 6.42 Å². The van der Waals surface area contributed by atoms with Crippen molar-refractivity contribution in [3.63, 3.8) is 0 Å². The van der Waals surface area contributed by atoms with E-state index in [-0.39, 0.29) is 0 Å². The minimum absolute atomic E-state index is 0.319. The number of nitrogens with one attached hydrogen (secondary N) is 2. The Bertz CT molecular complexity index is 859. The minimum Gasteiger partial charge on any atom is -0.497 e. The highest BCUT2D eigenvalue weighted by Crippen LogP contribution is 2.34. The molecule has 0 saturated heterocycles. The number of H-pyrrole nitrogens is 1. The molecule has 1 aromatic heterocycles. The molecule has 0 fully saturated rings. The number of benzene rings is 2. The van der Waals surface area contributed by atoms with Crippen molar-refractivity contribution in [2.75, 3.05) is 20.3 Å². The lowest BCUT2D eigenvalue weighted by molar-refractivity contribution is 0.313. The van der Waals surface area contributed by atoms with Crippen molar-refractivity contribution in [3.05, 3.63) is 53.7 Å². The average molecular weight is 337 g/mol. The molecule has 1 unspecified atom stereocenters. The van der Waals surface area contributed by atoms with Crippen LogP contribution in [0.4, 0.5) is 0 Å². The zero-order valence-corrected chi connectivity index (χ0v) is 14.4. The van der Waals surface area contributed by atoms with Crippen molar-refractivity contribution in [1.29, 1.82) is 0 Å². The minimum atomic E-state index is 0.319. The van der Waals surface area contributed by atoms with Gasteiger partial charge < -0.3 is 14.8 Å². The number of ether oxygens (including phenoxy) is 2. The van der Waals surface area contributed by atoms with Crippen molar-refractivity contribution >= 4 is 10.9 Å². The van der Waals surface area contributed by atoms with Crippen molar-refractivity contribution < 1.29 is 9.47 Å². The summed E-state index contributed by atoms with van der Waals surface area (Å²) in [5.41, 5.74) is 3.63. The summed E-state index contributed by atoms with van der Waals surface area (Å²) >= 11 is 0. The molecule has 5 heteroatoms. The fourth-order valence-electron chi connectivity index (χ4n) is 3.42. The van der Waals surface area contributed by atoms with E-state index in [9.17, 15) is 0 Å². The van der Waals surface area contributed by atoms with Crippen LogP contribution in [0.1, 0.15) is 30.0 Å². The van der Waals surface area contributed by atoms with E-state index >= 15 is 0 Å². The molecule has 2 N–H and O–H groups in total. The van der Waals surface area contributed by atoms with Crippen LogP contribution >= 0.6 is 0 Å². The smallest absolute Gasteiger partial charge is 0.127 e. The lowest BCUT2D eigenvalue weighted by Crippen LogP contribution is -2.23. The first-order valence-corrected chi connectivity index (χ1v) is 8.79. The molecule has 1 aliphatic heterocycles. The van der Waals surface area contributed by atoms with Gasteiger partial charge in [0.2, 0.25) is 0 Å². The Hall–Kier alpha value is -2.53. The second-order valence-corrected chi connectivity index (χ2v) is 6.44. The van der Waals surface area contributed by atoms with E-state index in [4.69, 9.17) is 9.47 Å². The molecule has 4 rings (SSSR count). The van der Waals surface area contributed by atoms with Crippen LogP contribution in [-0.4, -0.2) is 30.5 Å². The zero-order valence-electron chi connectivity index (χ0n) is 14.4. The number of aromatic nitrogens is 2. The van der Waals surface area contributed by atoms with Crippen molar-refractivity contribution in [3.8, 4) is 11.5 Å². The van der Waals surface area contributed by atoms with Crippen LogP contribution in [0.25, 0.3) is 10.9 Å². The lowest BCUT2D eigenvalue weighted by atomic mass is 10.0. The third kappa shape index (κ3) is 3.46. The van der Waals surface area contributed by atoms with Gasteiger partial charge in [0.15, 0.2) is 0 Å². The van der Waals surface area contributed by atoms with E-state index in [1.807, 2.05) is 18.3 Å². The number of fused-ring (bicyclic) bond motifs is 2. The highest BCUT2D eigenvalue weighted by Gasteiger charge is 2.19. The lowest BCUT2D eigenvalue weighted by Gasteiger charge is -2.19. The normalized spacial score (nSPS) is 16.9. The first-order chi connectivity index (χ1) is 12.3. The van der Waals surface area contributed by atoms with Crippen molar-refractivity contribution in [1.82, 2.24) is 15.5 Å². The summed E-state index contributed by atoms with van der Waals surface area (Å²) in [4.78, 5) is 0. The summed E-state index contributed by atoms with van der Waals surface area (Å²) in [5.74, 6) is 1.78. The molecule has 0 bridgehead atoms. The summed E-state index contributed by atoms with van der Waals surface area (Å²) in [7, 11) is 1.69. The SMILES string of the molecule is COc1ccc2c(c1)OCCCC2NCCc1ccc2cn[nH]c2c1. The highest BCUT2D eigenvalue weighted by atomic mass is 16.5. The fraction of sp³-hybridized carbons (Fsp3) is 0.350. The van der Waals surface area contributed by atoms with Gasteiger partial charge >= 0.3 is 0 Å². The van der Waals surface area contributed by atoms with Gasteiger partial charge in [0, 0.05) is 23.1 Å². The maximum Gasteiger partial charge on any atom is 0.127 e. The molecule has 0 spiro atoms. The molecule has 1 aliphatic rings. The monoisotopic (exact) mass is 337 g/mol. The van der Waals surface area contributed by atoms with E-state index in [1.165, 1.54) is 11.1 Å². The van der Waals surface area contributed by atoms with Crippen LogP contribution in [0.2, 0.25) is 0 Å². The molecule has 3 aromatic rings. The number of rotatable bonds is 5. The molecule has 1 atom stereocenters. The molecular weight excluding hydrogens is 314 g/mol. The Morgan fingerprint density at radius 1 is 1.28 bits per heavy atom. The Labute approximate surface area is 147 Å². The number of aromatic amines is 1. The summed E-state index contributed by atoms with van der Waals surface area (Å²) in [6, 6.07) is 12.9. The number of nitrogens with zero attached hydrogens (tertiary/aromatic N) is 1. The van der Waals surface area contributed by atoms with Crippen LogP contribution in [0.5, 0.6) is 11.5 Å². The van der Waals surface area contributed by atoms with E-state index in [0.717, 1.165) is 54.8 Å². The first-order valence-electron chi connectivity index (χ1n) is 8.79. The third-order valence-electron chi connectivity index (χ3n) is 4.80. The van der Waals surface area contributed by atoms with E-state index < -0.39 is 0 Å². The molecule has 0 amide bonds. The van der Waals surface area contributed by atoms with Crippen LogP contribution in [0.3, 0.4) is 0 Å². The Morgan fingerprint density at radius 3 is 3.16 bits per heavy atom. The molecule has 0 saturated carbocycles. The predicted molar refractivity (Wildman–Crippen MR) is 98.3 cm³/mol. The molecule has 5 nitrogen and oxygen atoms in total. The van der Waals surface area contributed by atoms with Gasteiger partial charge in [-0.05, 0) is 43.5 Å². The summed E-state index contributed by atoms with van der Waals surface area (Å²) in [6.45, 7) is 1.69. The maximum absolute atomic E-state index is 5.89. The van der Waals surface area contributed by atoms with E-state index in [0.29, 0.717) is 6.04 Å². The molecule has 130 valence electrons. The highest BCUT2D eigenvalue weighted by molar-refractivity contribution is 5.78. The quantitative estimate of drug-likeness (QED) is 0.746. The Morgan fingerprint density at radius 2 is 2.24 bits per heavy atom. The predicted octanol–water partition coefficient (Wildman–Crippen LogP) is 3.62.